The van der Waals surface area contributed by atoms with Crippen molar-refractivity contribution in [3.8, 4) is 0 Å². The van der Waals surface area contributed by atoms with E-state index in [0.717, 1.165) is 6.42 Å². The summed E-state index contributed by atoms with van der Waals surface area (Å²) in [4.78, 5) is 25.9. The molecule has 0 bridgehead atoms. The number of nitrogens with one attached hydrogen (secondary N) is 1. The number of oxime groups is 1. The molecule has 9 heteroatoms. The molecular weight excluding hydrogens is 258 g/mol. The van der Waals surface area contributed by atoms with Crippen LogP contribution in [0.3, 0.4) is 0 Å². The van der Waals surface area contributed by atoms with Gasteiger partial charge in [-0.05, 0) is 6.42 Å². The zero-order chi connectivity index (χ0) is 13.7. The lowest BCUT2D eigenvalue weighted by Gasteiger charge is -2.14. The van der Waals surface area contributed by atoms with Gasteiger partial charge in [-0.2, -0.15) is 4.98 Å². The molecule has 1 rings (SSSR count). The normalized spacial score (nSPS) is 13.6. The van der Waals surface area contributed by atoms with Crippen molar-refractivity contribution < 1.29 is 5.21 Å². The van der Waals surface area contributed by atoms with Gasteiger partial charge in [-0.15, -0.1) is 0 Å². The molecule has 1 heterocycles. The van der Waals surface area contributed by atoms with Crippen LogP contribution >= 0.6 is 11.8 Å². The molecule has 100 valence electrons. The lowest BCUT2D eigenvalue weighted by molar-refractivity contribution is 0.316. The summed E-state index contributed by atoms with van der Waals surface area (Å²) in [5.41, 5.74) is 3.85. The van der Waals surface area contributed by atoms with Gasteiger partial charge in [0, 0.05) is 18.7 Å². The maximum absolute atomic E-state index is 11.2. The number of rotatable bonds is 5. The zero-order valence-corrected chi connectivity index (χ0v) is 10.9. The molecule has 0 fully saturated rings. The summed E-state index contributed by atoms with van der Waals surface area (Å²) >= 11 is 1.29. The molecule has 1 atom stereocenters. The van der Waals surface area contributed by atoms with E-state index in [4.69, 9.17) is 10.9 Å². The summed E-state index contributed by atoms with van der Waals surface area (Å²) < 4.78 is 1.38. The summed E-state index contributed by atoms with van der Waals surface area (Å²) in [6.07, 6.45) is 1.11. The highest BCUT2D eigenvalue weighted by Crippen LogP contribution is 2.24. The highest BCUT2D eigenvalue weighted by molar-refractivity contribution is 7.99. The van der Waals surface area contributed by atoms with Gasteiger partial charge in [0.2, 0.25) is 0 Å². The molecule has 0 aliphatic rings. The monoisotopic (exact) mass is 273 g/mol. The molecule has 0 amide bonds. The third-order valence-electron chi connectivity index (χ3n) is 2.24. The number of H-pyrrole nitrogens is 1. The van der Waals surface area contributed by atoms with Crippen molar-refractivity contribution in [1.82, 2.24) is 14.8 Å². The number of nitrogens with zero attached hydrogens (tertiary/aromatic N) is 3. The minimum atomic E-state index is -0.825. The highest BCUT2D eigenvalue weighted by atomic mass is 32.2. The van der Waals surface area contributed by atoms with E-state index in [9.17, 15) is 9.59 Å². The second kappa shape index (κ2) is 6.24. The fourth-order valence-corrected chi connectivity index (χ4v) is 2.32. The molecule has 0 aromatic carbocycles. The van der Waals surface area contributed by atoms with Gasteiger partial charge < -0.3 is 10.9 Å². The van der Waals surface area contributed by atoms with E-state index in [0.29, 0.717) is 11.6 Å². The van der Waals surface area contributed by atoms with Crippen LogP contribution in [0.5, 0.6) is 0 Å². The number of hydrogen-bond donors (Lipinski definition) is 3. The van der Waals surface area contributed by atoms with Gasteiger partial charge in [0.1, 0.15) is 5.84 Å². The largest absolute Gasteiger partial charge is 0.409 e. The van der Waals surface area contributed by atoms with Crippen molar-refractivity contribution in [2.45, 2.75) is 30.2 Å². The molecule has 8 nitrogen and oxygen atoms in total. The number of hydrogen-bond acceptors (Lipinski definition) is 6. The van der Waals surface area contributed by atoms with Crippen LogP contribution in [-0.4, -0.2) is 31.1 Å². The summed E-state index contributed by atoms with van der Waals surface area (Å²) in [6.45, 7) is 1.94. The first-order valence-electron chi connectivity index (χ1n) is 5.28. The van der Waals surface area contributed by atoms with Crippen LogP contribution < -0.4 is 16.9 Å². The van der Waals surface area contributed by atoms with E-state index < -0.39 is 11.1 Å². The molecule has 1 unspecified atom stereocenters. The average molecular weight is 273 g/mol. The maximum atomic E-state index is 11.2. The van der Waals surface area contributed by atoms with Crippen molar-refractivity contribution in [2.75, 3.05) is 0 Å². The van der Waals surface area contributed by atoms with E-state index in [1.165, 1.54) is 16.4 Å². The van der Waals surface area contributed by atoms with Crippen molar-refractivity contribution in [3.63, 3.8) is 0 Å². The topological polar surface area (TPSA) is 126 Å². The number of aryl methyl sites for hydroxylation is 1. The summed E-state index contributed by atoms with van der Waals surface area (Å²) in [7, 11) is 1.59. The predicted molar refractivity (Wildman–Crippen MR) is 68.1 cm³/mol. The highest BCUT2D eigenvalue weighted by Gasteiger charge is 2.14. The number of thioether (sulfide) groups is 1. The Bertz CT molecular complexity index is 550. The van der Waals surface area contributed by atoms with E-state index in [2.05, 4.69) is 15.2 Å². The Hall–Kier alpha value is -1.77. The number of amidine groups is 1. The van der Waals surface area contributed by atoms with Crippen molar-refractivity contribution in [2.24, 2.45) is 17.9 Å². The first kappa shape index (κ1) is 14.3. The number of nitrogens with two attached hydrogens (primary N) is 1. The molecule has 0 radical (unpaired) electrons. The van der Waals surface area contributed by atoms with Crippen LogP contribution in [0, 0.1) is 0 Å². The smallest absolute Gasteiger partial charge is 0.339 e. The third-order valence-corrected chi connectivity index (χ3v) is 3.65. The number of aromatic nitrogens is 3. The van der Waals surface area contributed by atoms with Crippen LogP contribution in [0.1, 0.15) is 19.8 Å². The van der Waals surface area contributed by atoms with Gasteiger partial charge in [-0.25, -0.2) is 0 Å². The number of aromatic amines is 1. The minimum Gasteiger partial charge on any atom is -0.409 e. The van der Waals surface area contributed by atoms with Crippen LogP contribution in [-0.2, 0) is 7.05 Å². The molecule has 18 heavy (non-hydrogen) atoms. The van der Waals surface area contributed by atoms with Crippen LogP contribution in [0.4, 0.5) is 0 Å². The van der Waals surface area contributed by atoms with E-state index in [1.54, 1.807) is 7.05 Å². The Morgan fingerprint density at radius 2 is 2.33 bits per heavy atom. The predicted octanol–water partition coefficient (Wildman–Crippen LogP) is -0.524. The Labute approximate surface area is 107 Å². The first-order chi connectivity index (χ1) is 8.47. The molecule has 0 saturated heterocycles. The fourth-order valence-electron chi connectivity index (χ4n) is 1.26. The van der Waals surface area contributed by atoms with Gasteiger partial charge in [0.05, 0.1) is 0 Å². The molecule has 0 saturated carbocycles. The van der Waals surface area contributed by atoms with Crippen molar-refractivity contribution >= 4 is 17.6 Å². The standard InChI is InChI=1S/C9H15N5O3S/c1-3-5(4-6(10)13-17)18-9-11-7(15)8(16)12-14(9)2/h5,17H,3-4H2,1-2H3,(H2,10,13)(H,12,16). The molecule has 4 N–H and O–H groups in total. The van der Waals surface area contributed by atoms with E-state index in [1.807, 2.05) is 6.92 Å². The average Bonchev–Trinajstić information content (AvgIpc) is 2.34. The van der Waals surface area contributed by atoms with Crippen LogP contribution in [0.25, 0.3) is 0 Å². The van der Waals surface area contributed by atoms with Gasteiger partial charge in [-0.1, -0.05) is 23.8 Å². The summed E-state index contributed by atoms with van der Waals surface area (Å²) in [5, 5.41) is 14.2. The van der Waals surface area contributed by atoms with Gasteiger partial charge in [0.25, 0.3) is 0 Å². The Kier molecular flexibility index (Phi) is 4.95. The molecule has 1 aromatic rings. The summed E-state index contributed by atoms with van der Waals surface area (Å²) in [6, 6.07) is 0. The Morgan fingerprint density at radius 1 is 1.67 bits per heavy atom. The van der Waals surface area contributed by atoms with Gasteiger partial charge >= 0.3 is 11.1 Å². The quantitative estimate of drug-likeness (QED) is 0.165. The van der Waals surface area contributed by atoms with Gasteiger partial charge in [0.15, 0.2) is 5.16 Å². The van der Waals surface area contributed by atoms with Crippen molar-refractivity contribution in [1.29, 1.82) is 0 Å². The Balaban J connectivity index is 2.92. The van der Waals surface area contributed by atoms with Crippen LogP contribution in [0.2, 0.25) is 0 Å². The van der Waals surface area contributed by atoms with Gasteiger partial charge in [-0.3, -0.25) is 19.4 Å². The molecule has 0 aliphatic carbocycles. The fraction of sp³-hybridized carbons (Fsp3) is 0.556. The molecule has 0 aliphatic heterocycles. The van der Waals surface area contributed by atoms with E-state index in [-0.39, 0.29) is 11.1 Å². The lowest BCUT2D eigenvalue weighted by Crippen LogP contribution is -2.34. The first-order valence-corrected chi connectivity index (χ1v) is 6.16. The minimum absolute atomic E-state index is 0.00454. The lowest BCUT2D eigenvalue weighted by atomic mass is 10.2. The second-order valence-corrected chi connectivity index (χ2v) is 4.91. The molecule has 0 spiro atoms. The van der Waals surface area contributed by atoms with Crippen molar-refractivity contribution in [3.05, 3.63) is 20.7 Å². The Morgan fingerprint density at radius 3 is 2.89 bits per heavy atom. The second-order valence-electron chi connectivity index (χ2n) is 3.64. The zero-order valence-electron chi connectivity index (χ0n) is 10.1. The molecular formula is C9H15N5O3S. The SMILES string of the molecule is CCC(CC(N)=NO)Sc1nc(=O)c(=O)[nH]n1C. The van der Waals surface area contributed by atoms with E-state index >= 15 is 0 Å². The van der Waals surface area contributed by atoms with Crippen LogP contribution in [0.15, 0.2) is 19.9 Å². The third kappa shape index (κ3) is 3.62. The summed E-state index contributed by atoms with van der Waals surface area (Å²) in [5.74, 6) is 0.115. The molecule has 1 aromatic heterocycles. The maximum Gasteiger partial charge on any atom is 0.339 e.